The van der Waals surface area contributed by atoms with Crippen molar-refractivity contribution in [1.29, 1.82) is 0 Å². The van der Waals surface area contributed by atoms with Crippen molar-refractivity contribution >= 4 is 0 Å². The first-order valence-electron chi connectivity index (χ1n) is 6.10. The molecule has 1 saturated carbocycles. The number of rotatable bonds is 2. The standard InChI is InChI=1S/C14H19N/c1-9-2-5-12-13(6-9)11(8-15)7-14(12)10-3-4-10/h2,5-6,10-11,14H,3-4,7-8,15H2,1H3. The Balaban J connectivity index is 2.02. The Hall–Kier alpha value is -0.820. The summed E-state index contributed by atoms with van der Waals surface area (Å²) in [7, 11) is 0. The SMILES string of the molecule is Cc1ccc2c(c1)C(CN)CC2C1CC1. The minimum atomic E-state index is 0.630. The third-order valence-corrected chi connectivity index (χ3v) is 4.10. The second-order valence-corrected chi connectivity index (χ2v) is 5.24. The van der Waals surface area contributed by atoms with Crippen molar-refractivity contribution in [2.24, 2.45) is 11.7 Å². The normalized spacial score (nSPS) is 29.2. The lowest BCUT2D eigenvalue weighted by Gasteiger charge is -2.09. The summed E-state index contributed by atoms with van der Waals surface area (Å²) in [6.07, 6.45) is 4.19. The number of fused-ring (bicyclic) bond motifs is 1. The van der Waals surface area contributed by atoms with E-state index in [1.807, 2.05) is 0 Å². The van der Waals surface area contributed by atoms with E-state index in [2.05, 4.69) is 25.1 Å². The first-order chi connectivity index (χ1) is 7.29. The monoisotopic (exact) mass is 201 g/mol. The highest BCUT2D eigenvalue weighted by molar-refractivity contribution is 5.42. The molecule has 0 radical (unpaired) electrons. The van der Waals surface area contributed by atoms with Crippen LogP contribution in [0.1, 0.15) is 47.8 Å². The molecule has 0 bridgehead atoms. The predicted molar refractivity (Wildman–Crippen MR) is 63.1 cm³/mol. The van der Waals surface area contributed by atoms with E-state index in [1.165, 1.54) is 24.8 Å². The molecule has 0 heterocycles. The molecule has 0 aromatic heterocycles. The summed E-state index contributed by atoms with van der Waals surface area (Å²) >= 11 is 0. The summed E-state index contributed by atoms with van der Waals surface area (Å²) in [4.78, 5) is 0. The van der Waals surface area contributed by atoms with E-state index in [9.17, 15) is 0 Å². The Labute approximate surface area is 91.7 Å². The fourth-order valence-corrected chi connectivity index (χ4v) is 3.11. The van der Waals surface area contributed by atoms with E-state index < -0.39 is 0 Å². The predicted octanol–water partition coefficient (Wildman–Crippen LogP) is 2.93. The van der Waals surface area contributed by atoms with Crippen molar-refractivity contribution in [3.63, 3.8) is 0 Å². The summed E-state index contributed by atoms with van der Waals surface area (Å²) in [6, 6.07) is 6.96. The van der Waals surface area contributed by atoms with Gasteiger partial charge in [-0.05, 0) is 61.6 Å². The first-order valence-corrected chi connectivity index (χ1v) is 6.10. The summed E-state index contributed by atoms with van der Waals surface area (Å²) < 4.78 is 0. The van der Waals surface area contributed by atoms with Crippen molar-refractivity contribution in [3.05, 3.63) is 34.9 Å². The van der Waals surface area contributed by atoms with Gasteiger partial charge in [0.25, 0.3) is 0 Å². The highest BCUT2D eigenvalue weighted by Gasteiger charge is 2.39. The lowest BCUT2D eigenvalue weighted by Crippen LogP contribution is -2.09. The molecule has 0 aliphatic heterocycles. The van der Waals surface area contributed by atoms with E-state index in [4.69, 9.17) is 5.73 Å². The molecular weight excluding hydrogens is 182 g/mol. The Morgan fingerprint density at radius 3 is 2.73 bits per heavy atom. The Bertz CT molecular complexity index is 379. The van der Waals surface area contributed by atoms with Gasteiger partial charge in [-0.2, -0.15) is 0 Å². The van der Waals surface area contributed by atoms with Crippen LogP contribution in [0, 0.1) is 12.8 Å². The molecule has 15 heavy (non-hydrogen) atoms. The van der Waals surface area contributed by atoms with Gasteiger partial charge in [0.2, 0.25) is 0 Å². The molecule has 1 fully saturated rings. The molecule has 1 heteroatoms. The average Bonchev–Trinajstić information content (AvgIpc) is 3.01. The Morgan fingerprint density at radius 1 is 1.27 bits per heavy atom. The maximum Gasteiger partial charge on any atom is -0.000791 e. The van der Waals surface area contributed by atoms with E-state index in [1.54, 1.807) is 11.1 Å². The average molecular weight is 201 g/mol. The van der Waals surface area contributed by atoms with Crippen LogP contribution in [0.2, 0.25) is 0 Å². The molecule has 1 aromatic rings. The number of hydrogen-bond donors (Lipinski definition) is 1. The van der Waals surface area contributed by atoms with E-state index in [0.717, 1.165) is 18.4 Å². The lowest BCUT2D eigenvalue weighted by molar-refractivity contribution is 0.545. The summed E-state index contributed by atoms with van der Waals surface area (Å²) in [6.45, 7) is 3.00. The number of nitrogens with two attached hydrogens (primary N) is 1. The molecule has 2 unspecified atom stereocenters. The number of aryl methyl sites for hydroxylation is 1. The fraction of sp³-hybridized carbons (Fsp3) is 0.571. The largest absolute Gasteiger partial charge is 0.330 e. The van der Waals surface area contributed by atoms with Gasteiger partial charge < -0.3 is 5.73 Å². The highest BCUT2D eigenvalue weighted by Crippen LogP contribution is 2.53. The molecule has 2 aliphatic carbocycles. The van der Waals surface area contributed by atoms with Crippen LogP contribution in [-0.2, 0) is 0 Å². The minimum Gasteiger partial charge on any atom is -0.330 e. The first kappa shape index (κ1) is 9.41. The van der Waals surface area contributed by atoms with Crippen molar-refractivity contribution in [1.82, 2.24) is 0 Å². The zero-order valence-electron chi connectivity index (χ0n) is 9.37. The van der Waals surface area contributed by atoms with Crippen molar-refractivity contribution in [2.45, 2.75) is 38.0 Å². The third kappa shape index (κ3) is 1.50. The van der Waals surface area contributed by atoms with Crippen LogP contribution in [0.25, 0.3) is 0 Å². The van der Waals surface area contributed by atoms with Gasteiger partial charge in [0.1, 0.15) is 0 Å². The van der Waals surface area contributed by atoms with E-state index >= 15 is 0 Å². The molecule has 1 aromatic carbocycles. The second kappa shape index (κ2) is 3.34. The van der Waals surface area contributed by atoms with Gasteiger partial charge in [-0.15, -0.1) is 0 Å². The van der Waals surface area contributed by atoms with Gasteiger partial charge in [0, 0.05) is 0 Å². The summed E-state index contributed by atoms with van der Waals surface area (Å²) in [5.74, 6) is 2.43. The molecule has 80 valence electrons. The summed E-state index contributed by atoms with van der Waals surface area (Å²) in [5.41, 5.74) is 10.4. The molecule has 2 aliphatic rings. The zero-order valence-corrected chi connectivity index (χ0v) is 9.37. The fourth-order valence-electron chi connectivity index (χ4n) is 3.11. The zero-order chi connectivity index (χ0) is 10.4. The minimum absolute atomic E-state index is 0.630. The van der Waals surface area contributed by atoms with Crippen molar-refractivity contribution in [3.8, 4) is 0 Å². The van der Waals surface area contributed by atoms with Crippen molar-refractivity contribution < 1.29 is 0 Å². The molecule has 0 saturated heterocycles. The van der Waals surface area contributed by atoms with Gasteiger partial charge in [-0.3, -0.25) is 0 Å². The van der Waals surface area contributed by atoms with Crippen LogP contribution in [0.3, 0.4) is 0 Å². The number of hydrogen-bond acceptors (Lipinski definition) is 1. The van der Waals surface area contributed by atoms with E-state index in [-0.39, 0.29) is 0 Å². The topological polar surface area (TPSA) is 26.0 Å². The van der Waals surface area contributed by atoms with Crippen LogP contribution in [0.15, 0.2) is 18.2 Å². The quantitative estimate of drug-likeness (QED) is 0.782. The van der Waals surface area contributed by atoms with Crippen LogP contribution in [-0.4, -0.2) is 6.54 Å². The van der Waals surface area contributed by atoms with Gasteiger partial charge in [-0.1, -0.05) is 23.8 Å². The van der Waals surface area contributed by atoms with Gasteiger partial charge in [0.05, 0.1) is 0 Å². The maximum atomic E-state index is 5.88. The van der Waals surface area contributed by atoms with Gasteiger partial charge in [0.15, 0.2) is 0 Å². The van der Waals surface area contributed by atoms with E-state index in [0.29, 0.717) is 5.92 Å². The summed E-state index contributed by atoms with van der Waals surface area (Å²) in [5, 5.41) is 0. The highest BCUT2D eigenvalue weighted by atomic mass is 14.6. The maximum absolute atomic E-state index is 5.88. The third-order valence-electron chi connectivity index (χ3n) is 4.10. The second-order valence-electron chi connectivity index (χ2n) is 5.24. The molecule has 1 nitrogen and oxygen atoms in total. The van der Waals surface area contributed by atoms with Gasteiger partial charge in [-0.25, -0.2) is 0 Å². The molecule has 2 N–H and O–H groups in total. The van der Waals surface area contributed by atoms with Crippen LogP contribution >= 0.6 is 0 Å². The van der Waals surface area contributed by atoms with Crippen LogP contribution in [0.4, 0.5) is 0 Å². The Kier molecular flexibility index (Phi) is 2.10. The number of benzene rings is 1. The molecule has 0 spiro atoms. The Morgan fingerprint density at radius 2 is 2.07 bits per heavy atom. The molecule has 3 rings (SSSR count). The van der Waals surface area contributed by atoms with Gasteiger partial charge >= 0.3 is 0 Å². The molecular formula is C14H19N. The molecule has 0 amide bonds. The van der Waals surface area contributed by atoms with Crippen molar-refractivity contribution in [2.75, 3.05) is 6.54 Å². The lowest BCUT2D eigenvalue weighted by atomic mass is 9.96. The molecule has 2 atom stereocenters. The van der Waals surface area contributed by atoms with Crippen LogP contribution < -0.4 is 5.73 Å². The smallest absolute Gasteiger partial charge is 0.000791 e. The van der Waals surface area contributed by atoms with Crippen LogP contribution in [0.5, 0.6) is 0 Å².